The van der Waals surface area contributed by atoms with E-state index in [1.807, 2.05) is 60.0 Å². The quantitative estimate of drug-likeness (QED) is 0.460. The number of phenolic OH excluding ortho intramolecular Hbond substituents is 1. The molecule has 0 aliphatic rings. The van der Waals surface area contributed by atoms with Crippen molar-refractivity contribution in [3.8, 4) is 5.75 Å². The van der Waals surface area contributed by atoms with E-state index in [-0.39, 0.29) is 11.7 Å². The van der Waals surface area contributed by atoms with Gasteiger partial charge in [0.1, 0.15) is 11.4 Å². The number of rotatable bonds is 3. The molecule has 4 aromatic rings. The molecule has 0 fully saturated rings. The minimum atomic E-state index is 0.237. The van der Waals surface area contributed by atoms with Crippen LogP contribution >= 0.6 is 0 Å². The Morgan fingerprint density at radius 2 is 1.77 bits per heavy atom. The molecule has 0 aliphatic carbocycles. The third-order valence-electron chi connectivity index (χ3n) is 4.46. The Morgan fingerprint density at radius 1 is 1.00 bits per heavy atom. The maximum absolute atomic E-state index is 10.0. The summed E-state index contributed by atoms with van der Waals surface area (Å²) >= 11 is 0. The van der Waals surface area contributed by atoms with Gasteiger partial charge in [0.05, 0.1) is 11.4 Å². The first-order chi connectivity index (χ1) is 12.5. The molecule has 26 heavy (non-hydrogen) atoms. The van der Waals surface area contributed by atoms with Gasteiger partial charge in [0.25, 0.3) is 0 Å². The van der Waals surface area contributed by atoms with E-state index < -0.39 is 0 Å². The zero-order valence-electron chi connectivity index (χ0n) is 15.0. The number of hydrogen-bond donors (Lipinski definition) is 1. The van der Waals surface area contributed by atoms with Crippen molar-refractivity contribution in [2.45, 2.75) is 26.7 Å². The predicted octanol–water partition coefficient (Wildman–Crippen LogP) is 6.04. The van der Waals surface area contributed by atoms with E-state index in [2.05, 4.69) is 24.1 Å². The fraction of sp³-hybridized carbons (Fsp3) is 0.190. The molecule has 0 saturated heterocycles. The summed E-state index contributed by atoms with van der Waals surface area (Å²) in [7, 11) is 0. The lowest BCUT2D eigenvalue weighted by Crippen LogP contribution is -1.87. The van der Waals surface area contributed by atoms with Gasteiger partial charge >= 0.3 is 0 Å². The average Bonchev–Trinajstić information content (AvgIpc) is 2.98. The van der Waals surface area contributed by atoms with E-state index in [9.17, 15) is 5.11 Å². The molecule has 0 unspecified atom stereocenters. The summed E-state index contributed by atoms with van der Waals surface area (Å²) in [5.41, 5.74) is 3.67. The van der Waals surface area contributed by atoms with E-state index >= 15 is 0 Å². The Labute approximate surface area is 151 Å². The molecular formula is C21H20N4O. The summed E-state index contributed by atoms with van der Waals surface area (Å²) in [4.78, 5) is 4.73. The van der Waals surface area contributed by atoms with Crippen LogP contribution in [-0.2, 0) is 0 Å². The van der Waals surface area contributed by atoms with Crippen LogP contribution in [-0.4, -0.2) is 14.5 Å². The molecule has 4 rings (SSSR count). The zero-order valence-corrected chi connectivity index (χ0v) is 15.0. The Morgan fingerprint density at radius 3 is 2.58 bits per heavy atom. The third kappa shape index (κ3) is 2.71. The van der Waals surface area contributed by atoms with Crippen LogP contribution in [0.4, 0.5) is 11.5 Å². The largest absolute Gasteiger partial charge is 0.507 e. The monoisotopic (exact) mass is 344 g/mol. The van der Waals surface area contributed by atoms with Gasteiger partial charge in [-0.3, -0.25) is 4.40 Å². The maximum atomic E-state index is 10.0. The molecule has 5 nitrogen and oxygen atoms in total. The van der Waals surface area contributed by atoms with Gasteiger partial charge in [0.15, 0.2) is 5.82 Å². The highest BCUT2D eigenvalue weighted by Gasteiger charge is 2.15. The molecule has 2 aromatic carbocycles. The molecule has 2 aromatic heterocycles. The van der Waals surface area contributed by atoms with Gasteiger partial charge in [0.2, 0.25) is 0 Å². The van der Waals surface area contributed by atoms with Crippen LogP contribution in [0.25, 0.3) is 16.4 Å². The van der Waals surface area contributed by atoms with Crippen LogP contribution in [0.1, 0.15) is 31.0 Å². The number of fused-ring (bicyclic) bond motifs is 2. The smallest absolute Gasteiger partial charge is 0.183 e. The number of aromatic hydroxyl groups is 1. The van der Waals surface area contributed by atoms with Gasteiger partial charge < -0.3 is 5.11 Å². The van der Waals surface area contributed by atoms with Crippen LogP contribution in [0, 0.1) is 6.92 Å². The van der Waals surface area contributed by atoms with Crippen LogP contribution in [0.2, 0.25) is 0 Å². The summed E-state index contributed by atoms with van der Waals surface area (Å²) in [6.45, 7) is 6.25. The number of pyridine rings is 1. The number of benzene rings is 2. The lowest BCUT2D eigenvalue weighted by Gasteiger charge is -2.04. The average molecular weight is 344 g/mol. The first-order valence-corrected chi connectivity index (χ1v) is 8.65. The molecule has 0 spiro atoms. The minimum absolute atomic E-state index is 0.237. The maximum Gasteiger partial charge on any atom is 0.183 e. The fourth-order valence-corrected chi connectivity index (χ4v) is 3.10. The van der Waals surface area contributed by atoms with Crippen LogP contribution in [0.15, 0.2) is 65.0 Å². The predicted molar refractivity (Wildman–Crippen MR) is 104 cm³/mol. The van der Waals surface area contributed by atoms with E-state index in [0.29, 0.717) is 0 Å². The molecule has 0 aliphatic heterocycles. The summed E-state index contributed by atoms with van der Waals surface area (Å²) in [6, 6.07) is 15.1. The Hall–Kier alpha value is -3.21. The molecule has 0 atom stereocenters. The molecule has 1 N–H and O–H groups in total. The number of aryl methyl sites for hydroxylation is 1. The second kappa shape index (κ2) is 6.26. The van der Waals surface area contributed by atoms with Gasteiger partial charge in [-0.25, -0.2) is 4.98 Å². The minimum Gasteiger partial charge on any atom is -0.507 e. The van der Waals surface area contributed by atoms with E-state index in [1.165, 1.54) is 0 Å². The van der Waals surface area contributed by atoms with Crippen molar-refractivity contribution < 1.29 is 5.11 Å². The highest BCUT2D eigenvalue weighted by atomic mass is 16.3. The van der Waals surface area contributed by atoms with Crippen molar-refractivity contribution in [1.29, 1.82) is 0 Å². The molecule has 2 heterocycles. The van der Waals surface area contributed by atoms with Gasteiger partial charge in [-0.1, -0.05) is 38.1 Å². The Balaban J connectivity index is 1.88. The first kappa shape index (κ1) is 16.3. The molecular weight excluding hydrogens is 324 g/mol. The van der Waals surface area contributed by atoms with E-state index in [4.69, 9.17) is 4.98 Å². The lowest BCUT2D eigenvalue weighted by atomic mass is 10.1. The SMILES string of the molecule is Cc1ccn2c(N=Nc3cccc4c(O)cccc34)c(C(C)C)nc2c1. The molecule has 0 radical (unpaired) electrons. The second-order valence-corrected chi connectivity index (χ2v) is 6.76. The van der Waals surface area contributed by atoms with Crippen molar-refractivity contribution in [2.24, 2.45) is 10.2 Å². The number of phenols is 1. The second-order valence-electron chi connectivity index (χ2n) is 6.76. The van der Waals surface area contributed by atoms with E-state index in [1.54, 1.807) is 6.07 Å². The third-order valence-corrected chi connectivity index (χ3v) is 4.46. The summed E-state index contributed by atoms with van der Waals surface area (Å²) < 4.78 is 1.97. The van der Waals surface area contributed by atoms with Crippen LogP contribution in [0.5, 0.6) is 5.75 Å². The fourth-order valence-electron chi connectivity index (χ4n) is 3.10. The van der Waals surface area contributed by atoms with Crippen molar-refractivity contribution in [1.82, 2.24) is 9.38 Å². The highest BCUT2D eigenvalue weighted by Crippen LogP contribution is 2.34. The first-order valence-electron chi connectivity index (χ1n) is 8.65. The van der Waals surface area contributed by atoms with Gasteiger partial charge in [-0.2, -0.15) is 0 Å². The van der Waals surface area contributed by atoms with Crippen LogP contribution in [0.3, 0.4) is 0 Å². The Kier molecular flexibility index (Phi) is 3.92. The number of azo groups is 1. The summed E-state index contributed by atoms with van der Waals surface area (Å²) in [5.74, 6) is 1.22. The molecule has 130 valence electrons. The standard InChI is InChI=1S/C21H20N4O/c1-13(2)20-21(25-11-10-14(3)12-19(25)22-20)24-23-17-8-4-7-16-15(17)6-5-9-18(16)26/h4-13,26H,1-3H3. The molecule has 5 heteroatoms. The Bertz CT molecular complexity index is 1140. The number of aromatic nitrogens is 2. The van der Waals surface area contributed by atoms with Gasteiger partial charge in [-0.15, -0.1) is 10.2 Å². The van der Waals surface area contributed by atoms with Gasteiger partial charge in [-0.05, 0) is 42.7 Å². The summed E-state index contributed by atoms with van der Waals surface area (Å²) in [6.07, 6.45) is 1.98. The number of hydrogen-bond acceptors (Lipinski definition) is 4. The summed E-state index contributed by atoms with van der Waals surface area (Å²) in [5, 5.41) is 20.7. The van der Waals surface area contributed by atoms with Crippen molar-refractivity contribution in [3.05, 3.63) is 66.0 Å². The molecule has 0 amide bonds. The van der Waals surface area contributed by atoms with E-state index in [0.717, 1.165) is 39.2 Å². The number of nitrogens with zero attached hydrogens (tertiary/aromatic N) is 4. The topological polar surface area (TPSA) is 62.2 Å². The normalized spacial score (nSPS) is 12.0. The number of imidazole rings is 1. The molecule has 0 bridgehead atoms. The van der Waals surface area contributed by atoms with Gasteiger partial charge in [0, 0.05) is 17.0 Å². The van der Waals surface area contributed by atoms with Crippen molar-refractivity contribution >= 4 is 27.9 Å². The lowest BCUT2D eigenvalue weighted by molar-refractivity contribution is 0.481. The zero-order chi connectivity index (χ0) is 18.3. The highest BCUT2D eigenvalue weighted by molar-refractivity contribution is 5.96. The van der Waals surface area contributed by atoms with Crippen molar-refractivity contribution in [2.75, 3.05) is 0 Å². The molecule has 0 saturated carbocycles. The van der Waals surface area contributed by atoms with Crippen LogP contribution < -0.4 is 0 Å². The van der Waals surface area contributed by atoms with Crippen molar-refractivity contribution in [3.63, 3.8) is 0 Å².